The normalized spacial score (nSPS) is 12.8. The number of aliphatic carboxylic acids is 1. The lowest BCUT2D eigenvalue weighted by Gasteiger charge is -2.28. The third-order valence-corrected chi connectivity index (χ3v) is 3.89. The van der Waals surface area contributed by atoms with Gasteiger partial charge in [-0.3, -0.25) is 4.31 Å². The summed E-state index contributed by atoms with van der Waals surface area (Å²) in [5, 5.41) is 9.18. The summed E-state index contributed by atoms with van der Waals surface area (Å²) in [5.41, 5.74) is 0.310. The maximum Gasteiger partial charge on any atom is 0.327 e. The minimum Gasteiger partial charge on any atom is -0.494 e. The predicted octanol–water partition coefficient (Wildman–Crippen LogP) is 1.71. The summed E-state index contributed by atoms with van der Waals surface area (Å²) < 4.78 is 30.0. The average molecular weight is 301 g/mol. The highest BCUT2D eigenvalue weighted by atomic mass is 32.2. The molecule has 0 radical (unpaired) electrons. The van der Waals surface area contributed by atoms with E-state index in [1.165, 1.54) is 12.1 Å². The summed E-state index contributed by atoms with van der Waals surface area (Å²) in [4.78, 5) is 11.2. The molecule has 0 unspecified atom stereocenters. The van der Waals surface area contributed by atoms with Crippen LogP contribution in [0.5, 0.6) is 5.75 Å². The lowest BCUT2D eigenvalue weighted by molar-refractivity contribution is -0.138. The molecule has 0 fully saturated rings. The largest absolute Gasteiger partial charge is 0.494 e. The molecule has 20 heavy (non-hydrogen) atoms. The number of carbonyl (C=O) groups is 1. The Morgan fingerprint density at radius 2 is 1.85 bits per heavy atom. The van der Waals surface area contributed by atoms with Crippen LogP contribution in [0.2, 0.25) is 0 Å². The molecule has 0 saturated heterocycles. The first kappa shape index (κ1) is 16.3. The van der Waals surface area contributed by atoms with Crippen LogP contribution in [0.3, 0.4) is 0 Å². The monoisotopic (exact) mass is 301 g/mol. The summed E-state index contributed by atoms with van der Waals surface area (Å²) >= 11 is 0. The fourth-order valence-electron chi connectivity index (χ4n) is 1.90. The maximum atomic E-state index is 11.9. The van der Waals surface area contributed by atoms with Crippen LogP contribution in [0, 0.1) is 0 Å². The van der Waals surface area contributed by atoms with Gasteiger partial charge in [0.05, 0.1) is 18.6 Å². The van der Waals surface area contributed by atoms with Crippen molar-refractivity contribution >= 4 is 21.7 Å². The Hall–Kier alpha value is -1.76. The zero-order valence-electron chi connectivity index (χ0n) is 11.7. The number of benzene rings is 1. The third kappa shape index (κ3) is 3.86. The standard InChI is InChI=1S/C13H19NO5S/c1-4-12(13(15)16)14(20(3,17)18)10-6-8-11(9-7-10)19-5-2/h6-9,12H,4-5H2,1-3H3,(H,15,16)/t12-/m1/s1. The van der Waals surface area contributed by atoms with Crippen LogP contribution < -0.4 is 9.04 Å². The van der Waals surface area contributed by atoms with Crippen LogP contribution in [-0.2, 0) is 14.8 Å². The van der Waals surface area contributed by atoms with Gasteiger partial charge in [0.15, 0.2) is 0 Å². The second-order valence-electron chi connectivity index (χ2n) is 4.25. The molecule has 112 valence electrons. The highest BCUT2D eigenvalue weighted by Crippen LogP contribution is 2.25. The molecule has 1 atom stereocenters. The van der Waals surface area contributed by atoms with Crippen molar-refractivity contribution in [3.63, 3.8) is 0 Å². The quantitative estimate of drug-likeness (QED) is 0.829. The number of ether oxygens (including phenoxy) is 1. The molecule has 0 aliphatic rings. The highest BCUT2D eigenvalue weighted by molar-refractivity contribution is 7.92. The molecule has 0 amide bonds. The fraction of sp³-hybridized carbons (Fsp3) is 0.462. The summed E-state index contributed by atoms with van der Waals surface area (Å²) in [6, 6.07) is 5.19. The van der Waals surface area contributed by atoms with E-state index in [-0.39, 0.29) is 6.42 Å². The van der Waals surface area contributed by atoms with Crippen LogP contribution >= 0.6 is 0 Å². The fourth-order valence-corrected chi connectivity index (χ4v) is 3.11. The maximum absolute atomic E-state index is 11.9. The minimum absolute atomic E-state index is 0.176. The van der Waals surface area contributed by atoms with E-state index < -0.39 is 22.0 Å². The predicted molar refractivity (Wildman–Crippen MR) is 76.6 cm³/mol. The molecule has 0 aliphatic heterocycles. The molecule has 0 aromatic heterocycles. The van der Waals surface area contributed by atoms with Gasteiger partial charge in [-0.2, -0.15) is 0 Å². The van der Waals surface area contributed by atoms with Gasteiger partial charge in [0, 0.05) is 0 Å². The number of anilines is 1. The van der Waals surface area contributed by atoms with Gasteiger partial charge in [0.2, 0.25) is 10.0 Å². The molecule has 0 saturated carbocycles. The zero-order chi connectivity index (χ0) is 15.3. The SMILES string of the molecule is CCOc1ccc(N([C@H](CC)C(=O)O)S(C)(=O)=O)cc1. The second kappa shape index (κ2) is 6.60. The lowest BCUT2D eigenvalue weighted by Crippen LogP contribution is -2.44. The minimum atomic E-state index is -3.69. The van der Waals surface area contributed by atoms with Gasteiger partial charge in [0.25, 0.3) is 0 Å². The van der Waals surface area contributed by atoms with Crippen molar-refractivity contribution in [2.24, 2.45) is 0 Å². The molecule has 1 rings (SSSR count). The van der Waals surface area contributed by atoms with E-state index in [9.17, 15) is 18.3 Å². The molecule has 1 aromatic carbocycles. The van der Waals surface area contributed by atoms with Gasteiger partial charge in [-0.15, -0.1) is 0 Å². The first-order valence-corrected chi connectivity index (χ1v) is 8.11. The molecule has 6 nitrogen and oxygen atoms in total. The number of hydrogen-bond acceptors (Lipinski definition) is 4. The molecular formula is C13H19NO5S. The van der Waals surface area contributed by atoms with Gasteiger partial charge in [-0.05, 0) is 37.6 Å². The van der Waals surface area contributed by atoms with Crippen LogP contribution in [0.4, 0.5) is 5.69 Å². The number of hydrogen-bond donors (Lipinski definition) is 1. The Morgan fingerprint density at radius 1 is 1.30 bits per heavy atom. The van der Waals surface area contributed by atoms with Crippen molar-refractivity contribution in [1.29, 1.82) is 0 Å². The first-order chi connectivity index (χ1) is 9.31. The summed E-state index contributed by atoms with van der Waals surface area (Å²) in [6.07, 6.45) is 1.17. The topological polar surface area (TPSA) is 83.9 Å². The zero-order valence-corrected chi connectivity index (χ0v) is 12.6. The van der Waals surface area contributed by atoms with Crippen molar-refractivity contribution < 1.29 is 23.1 Å². The summed E-state index contributed by atoms with van der Waals surface area (Å²) in [7, 11) is -3.69. The van der Waals surface area contributed by atoms with Crippen molar-refractivity contribution in [1.82, 2.24) is 0 Å². The van der Waals surface area contributed by atoms with Crippen LogP contribution in [0.1, 0.15) is 20.3 Å². The van der Waals surface area contributed by atoms with E-state index in [2.05, 4.69) is 0 Å². The van der Waals surface area contributed by atoms with Crippen molar-refractivity contribution in [2.45, 2.75) is 26.3 Å². The van der Waals surface area contributed by atoms with E-state index in [0.717, 1.165) is 10.6 Å². The van der Waals surface area contributed by atoms with Crippen LogP contribution in [0.25, 0.3) is 0 Å². The smallest absolute Gasteiger partial charge is 0.327 e. The van der Waals surface area contributed by atoms with E-state index in [1.807, 2.05) is 6.92 Å². The summed E-state index contributed by atoms with van der Waals surface area (Å²) in [5.74, 6) is -0.570. The van der Waals surface area contributed by atoms with Crippen molar-refractivity contribution in [3.8, 4) is 5.75 Å². The Morgan fingerprint density at radius 3 is 2.20 bits per heavy atom. The van der Waals surface area contributed by atoms with E-state index in [0.29, 0.717) is 18.0 Å². The highest BCUT2D eigenvalue weighted by Gasteiger charge is 2.31. The van der Waals surface area contributed by atoms with Gasteiger partial charge in [-0.1, -0.05) is 6.92 Å². The van der Waals surface area contributed by atoms with Gasteiger partial charge in [-0.25, -0.2) is 13.2 Å². The average Bonchev–Trinajstić information content (AvgIpc) is 2.35. The summed E-state index contributed by atoms with van der Waals surface area (Å²) in [6.45, 7) is 3.97. The number of rotatable bonds is 7. The van der Waals surface area contributed by atoms with E-state index >= 15 is 0 Å². The Balaban J connectivity index is 3.21. The number of nitrogens with zero attached hydrogens (tertiary/aromatic N) is 1. The first-order valence-electron chi connectivity index (χ1n) is 6.26. The molecule has 0 aliphatic carbocycles. The Labute approximate surface area is 119 Å². The van der Waals surface area contributed by atoms with Gasteiger partial charge >= 0.3 is 5.97 Å². The Bertz CT molecular complexity index is 553. The number of carboxylic acids is 1. The molecule has 7 heteroatoms. The van der Waals surface area contributed by atoms with Gasteiger partial charge < -0.3 is 9.84 Å². The lowest BCUT2D eigenvalue weighted by atomic mass is 10.2. The third-order valence-electron chi connectivity index (χ3n) is 2.71. The van der Waals surface area contributed by atoms with Crippen molar-refractivity contribution in [2.75, 3.05) is 17.2 Å². The molecule has 0 bridgehead atoms. The van der Waals surface area contributed by atoms with Crippen LogP contribution in [0.15, 0.2) is 24.3 Å². The van der Waals surface area contributed by atoms with Crippen LogP contribution in [-0.4, -0.2) is 38.4 Å². The molecule has 0 heterocycles. The van der Waals surface area contributed by atoms with Gasteiger partial charge in [0.1, 0.15) is 11.8 Å². The molecular weight excluding hydrogens is 282 g/mol. The number of sulfonamides is 1. The molecule has 1 aromatic rings. The van der Waals surface area contributed by atoms with E-state index in [1.54, 1.807) is 19.1 Å². The number of carboxylic acid groups (broad SMARTS) is 1. The molecule has 1 N–H and O–H groups in total. The van der Waals surface area contributed by atoms with Crippen molar-refractivity contribution in [3.05, 3.63) is 24.3 Å². The van der Waals surface area contributed by atoms with E-state index in [4.69, 9.17) is 4.74 Å². The second-order valence-corrected chi connectivity index (χ2v) is 6.11. The molecule has 0 spiro atoms. The Kier molecular flexibility index (Phi) is 5.38.